The maximum absolute atomic E-state index is 13.4. The van der Waals surface area contributed by atoms with Crippen LogP contribution in [0.2, 0.25) is 10.0 Å². The first-order valence-electron chi connectivity index (χ1n) is 11.4. The Kier molecular flexibility index (Phi) is 7.43. The van der Waals surface area contributed by atoms with E-state index in [1.165, 1.54) is 24.3 Å². The van der Waals surface area contributed by atoms with E-state index in [2.05, 4.69) is 9.97 Å². The van der Waals surface area contributed by atoms with E-state index in [1.807, 2.05) is 4.90 Å². The Labute approximate surface area is 231 Å². The van der Waals surface area contributed by atoms with Crippen LogP contribution in [0.3, 0.4) is 0 Å². The number of nitrogens with zero attached hydrogens (tertiary/aromatic N) is 5. The van der Waals surface area contributed by atoms with Gasteiger partial charge in [-0.3, -0.25) is 13.7 Å². The van der Waals surface area contributed by atoms with E-state index in [-0.39, 0.29) is 20.6 Å². The summed E-state index contributed by atoms with van der Waals surface area (Å²) in [5.41, 5.74) is 0.889. The summed E-state index contributed by atoms with van der Waals surface area (Å²) in [5, 5.41) is 10.4. The van der Waals surface area contributed by atoms with Crippen LogP contribution in [0.5, 0.6) is 0 Å². The summed E-state index contributed by atoms with van der Waals surface area (Å²) in [4.78, 5) is 22.5. The fourth-order valence-corrected chi connectivity index (χ4v) is 7.38. The van der Waals surface area contributed by atoms with Gasteiger partial charge in [0, 0.05) is 21.6 Å². The number of carbonyl (C=O) groups is 1. The summed E-state index contributed by atoms with van der Waals surface area (Å²) in [6, 6.07) is 10.4. The molecule has 0 unspecified atom stereocenters. The number of fused-ring (bicyclic) bond motifs is 1. The van der Waals surface area contributed by atoms with E-state index >= 15 is 0 Å². The first kappa shape index (κ1) is 26.6. The third kappa shape index (κ3) is 5.40. The summed E-state index contributed by atoms with van der Waals surface area (Å²) in [7, 11) is -4.30. The van der Waals surface area contributed by atoms with Crippen molar-refractivity contribution in [2.24, 2.45) is 0 Å². The molecule has 0 aliphatic carbocycles. The average Bonchev–Trinajstić information content (AvgIpc) is 3.30. The third-order valence-electron chi connectivity index (χ3n) is 6.04. The van der Waals surface area contributed by atoms with Gasteiger partial charge in [-0.15, -0.1) is 0 Å². The van der Waals surface area contributed by atoms with Gasteiger partial charge in [0.05, 0.1) is 41.6 Å². The number of benzene rings is 2. The zero-order valence-electron chi connectivity index (χ0n) is 19.7. The number of carboxylic acid groups (broad SMARTS) is 1. The second-order valence-corrected chi connectivity index (χ2v) is 12.9. The Morgan fingerprint density at radius 3 is 2.32 bits per heavy atom. The van der Waals surface area contributed by atoms with Gasteiger partial charge < -0.3 is 14.6 Å². The van der Waals surface area contributed by atoms with Gasteiger partial charge in [0.2, 0.25) is 0 Å². The van der Waals surface area contributed by atoms with Crippen LogP contribution < -0.4 is 9.21 Å². The number of aromatic nitrogens is 3. The number of sulfonamides is 1. The molecule has 14 heteroatoms. The average molecular weight is 595 g/mol. The molecule has 0 spiro atoms. The molecule has 38 heavy (non-hydrogen) atoms. The molecule has 198 valence electrons. The molecule has 1 saturated heterocycles. The number of hydrogen-bond donors (Lipinski definition) is 1. The Morgan fingerprint density at radius 2 is 1.68 bits per heavy atom. The maximum atomic E-state index is 13.4. The van der Waals surface area contributed by atoms with Gasteiger partial charge in [-0.2, -0.15) is 0 Å². The fourth-order valence-electron chi connectivity index (χ4n) is 4.20. The minimum atomic E-state index is -4.30. The SMILES string of the molecule is O=C(O)CN(c1ccc2c(ccn2-c2cnc(N3CC[S+]([O-])CC3)cn2)c1)S(=O)(=O)c1cc(Cl)cc(Cl)c1. The third-order valence-corrected chi connectivity index (χ3v) is 9.50. The lowest BCUT2D eigenvalue weighted by atomic mass is 10.2. The van der Waals surface area contributed by atoms with Gasteiger partial charge in [0.15, 0.2) is 5.82 Å². The standard InChI is InChI=1S/C24H21Cl2N5O5S2/c25-17-10-18(26)12-20(11-17)38(35,36)31(15-24(32)33)19-1-2-21-16(9-19)3-4-30(21)23-14-27-22(13-28-23)29-5-7-37(34)8-6-29/h1-4,9-14H,5-8,15H2,(H,32,33). The van der Waals surface area contributed by atoms with Crippen molar-refractivity contribution in [1.82, 2.24) is 14.5 Å². The van der Waals surface area contributed by atoms with Crippen LogP contribution in [-0.4, -0.2) is 69.7 Å². The van der Waals surface area contributed by atoms with E-state index in [0.29, 0.717) is 41.6 Å². The highest BCUT2D eigenvalue weighted by molar-refractivity contribution is 7.93. The molecule has 2 aromatic carbocycles. The van der Waals surface area contributed by atoms with Crippen molar-refractivity contribution in [3.05, 3.63) is 71.1 Å². The quantitative estimate of drug-likeness (QED) is 0.322. The summed E-state index contributed by atoms with van der Waals surface area (Å²) in [6.07, 6.45) is 5.08. The minimum absolute atomic E-state index is 0.112. The lowest BCUT2D eigenvalue weighted by Crippen LogP contribution is -2.40. The summed E-state index contributed by atoms with van der Waals surface area (Å²) >= 11 is 11.2. The monoisotopic (exact) mass is 593 g/mol. The zero-order valence-corrected chi connectivity index (χ0v) is 22.8. The zero-order chi connectivity index (χ0) is 27.0. The molecular weight excluding hydrogens is 573 g/mol. The molecule has 1 fully saturated rings. The first-order valence-corrected chi connectivity index (χ1v) is 15.0. The molecule has 10 nitrogen and oxygen atoms in total. The Morgan fingerprint density at radius 1 is 1.03 bits per heavy atom. The second-order valence-electron chi connectivity index (χ2n) is 8.51. The van der Waals surface area contributed by atoms with Crippen molar-refractivity contribution in [2.75, 3.05) is 40.3 Å². The normalized spacial score (nSPS) is 14.7. The highest BCUT2D eigenvalue weighted by Gasteiger charge is 2.28. The molecule has 0 bridgehead atoms. The molecular formula is C24H21Cl2N5O5S2. The van der Waals surface area contributed by atoms with E-state index in [4.69, 9.17) is 23.2 Å². The molecule has 1 N–H and O–H groups in total. The summed E-state index contributed by atoms with van der Waals surface area (Å²) in [6.45, 7) is 0.524. The minimum Gasteiger partial charge on any atom is -0.616 e. The number of halogens is 2. The van der Waals surface area contributed by atoms with Crippen LogP contribution in [0, 0.1) is 0 Å². The van der Waals surface area contributed by atoms with Crippen LogP contribution in [0.4, 0.5) is 11.5 Å². The summed E-state index contributed by atoms with van der Waals surface area (Å²) < 4.78 is 41.0. The van der Waals surface area contributed by atoms with Gasteiger partial charge >= 0.3 is 5.97 Å². The van der Waals surface area contributed by atoms with E-state index in [0.717, 1.165) is 9.82 Å². The molecule has 4 aromatic rings. The Balaban J connectivity index is 1.47. The van der Waals surface area contributed by atoms with Crippen LogP contribution in [-0.2, 0) is 26.0 Å². The number of rotatable bonds is 7. The lowest BCUT2D eigenvalue weighted by molar-refractivity contribution is -0.135. The van der Waals surface area contributed by atoms with Crippen molar-refractivity contribution < 1.29 is 22.9 Å². The molecule has 5 rings (SSSR count). The van der Waals surface area contributed by atoms with Gasteiger partial charge in [-0.05, 0) is 42.5 Å². The molecule has 3 heterocycles. The van der Waals surface area contributed by atoms with E-state index in [9.17, 15) is 22.9 Å². The van der Waals surface area contributed by atoms with Gasteiger partial charge in [-0.25, -0.2) is 18.4 Å². The summed E-state index contributed by atoms with van der Waals surface area (Å²) in [5.74, 6) is 1.15. The van der Waals surface area contributed by atoms with Gasteiger partial charge in [-0.1, -0.05) is 34.4 Å². The fraction of sp³-hybridized carbons (Fsp3) is 0.208. The molecule has 0 radical (unpaired) electrons. The highest BCUT2D eigenvalue weighted by Crippen LogP contribution is 2.31. The van der Waals surface area contributed by atoms with Gasteiger partial charge in [0.1, 0.15) is 23.9 Å². The number of carboxylic acids is 1. The van der Waals surface area contributed by atoms with Crippen molar-refractivity contribution in [1.29, 1.82) is 0 Å². The number of anilines is 2. The number of aliphatic carboxylic acids is 1. The van der Waals surface area contributed by atoms with Crippen molar-refractivity contribution >= 4 is 72.8 Å². The number of hydrogen-bond acceptors (Lipinski definition) is 7. The molecule has 2 aromatic heterocycles. The van der Waals surface area contributed by atoms with Crippen LogP contribution in [0.1, 0.15) is 0 Å². The first-order chi connectivity index (χ1) is 18.1. The van der Waals surface area contributed by atoms with E-state index in [1.54, 1.807) is 41.4 Å². The molecule has 0 saturated carbocycles. The van der Waals surface area contributed by atoms with E-state index < -0.39 is 33.7 Å². The van der Waals surface area contributed by atoms with Crippen LogP contribution >= 0.6 is 23.2 Å². The van der Waals surface area contributed by atoms with Crippen molar-refractivity contribution in [3.63, 3.8) is 0 Å². The lowest BCUT2D eigenvalue weighted by Gasteiger charge is -2.28. The highest BCUT2D eigenvalue weighted by atomic mass is 35.5. The smallest absolute Gasteiger partial charge is 0.324 e. The maximum Gasteiger partial charge on any atom is 0.324 e. The predicted molar refractivity (Wildman–Crippen MR) is 148 cm³/mol. The van der Waals surface area contributed by atoms with Crippen molar-refractivity contribution in [3.8, 4) is 5.82 Å². The van der Waals surface area contributed by atoms with Crippen molar-refractivity contribution in [2.45, 2.75) is 4.90 Å². The van der Waals surface area contributed by atoms with Crippen LogP contribution in [0.25, 0.3) is 16.7 Å². The second kappa shape index (κ2) is 10.6. The molecule has 1 aliphatic rings. The molecule has 0 atom stereocenters. The Bertz CT molecular complexity index is 1590. The largest absolute Gasteiger partial charge is 0.616 e. The van der Waals surface area contributed by atoms with Crippen LogP contribution in [0.15, 0.2) is 66.0 Å². The topological polar surface area (TPSA) is 132 Å². The molecule has 1 aliphatic heterocycles. The molecule has 0 amide bonds. The predicted octanol–water partition coefficient (Wildman–Crippen LogP) is 3.58. The van der Waals surface area contributed by atoms with Gasteiger partial charge in [0.25, 0.3) is 10.0 Å². The Hall–Kier alpha value is -3.03.